The molecule has 3 heterocycles. The number of anilines is 1. The summed E-state index contributed by atoms with van der Waals surface area (Å²) in [5.74, 6) is 0.459. The number of nitriles is 1. The fourth-order valence-corrected chi connectivity index (χ4v) is 2.59. The Balaban J connectivity index is 1.95. The second-order valence-electron chi connectivity index (χ2n) is 5.30. The summed E-state index contributed by atoms with van der Waals surface area (Å²) in [5, 5.41) is 13.6. The van der Waals surface area contributed by atoms with Gasteiger partial charge in [0.25, 0.3) is 0 Å². The lowest BCUT2D eigenvalue weighted by atomic mass is 10.1. The minimum absolute atomic E-state index is 0.459. The van der Waals surface area contributed by atoms with Crippen LogP contribution in [0, 0.1) is 32.1 Å². The smallest absolute Gasteiger partial charge is 0.243 e. The Morgan fingerprint density at radius 3 is 2.65 bits per heavy atom. The van der Waals surface area contributed by atoms with E-state index in [4.69, 9.17) is 0 Å². The molecule has 0 aromatic carbocycles. The minimum atomic E-state index is 0.459. The molecule has 0 radical (unpaired) electrons. The molecule has 23 heavy (non-hydrogen) atoms. The van der Waals surface area contributed by atoms with Gasteiger partial charge in [0.2, 0.25) is 5.95 Å². The van der Waals surface area contributed by atoms with E-state index in [0.717, 1.165) is 28.0 Å². The third-order valence-electron chi connectivity index (χ3n) is 3.58. The molecule has 1 N–H and O–H groups in total. The van der Waals surface area contributed by atoms with Gasteiger partial charge in [-0.3, -0.25) is 0 Å². The van der Waals surface area contributed by atoms with Crippen molar-refractivity contribution >= 4 is 17.7 Å². The molecule has 0 aliphatic rings. The average molecular weight is 304 g/mol. The van der Waals surface area contributed by atoms with Gasteiger partial charge in [-0.25, -0.2) is 15.4 Å². The summed E-state index contributed by atoms with van der Waals surface area (Å²) in [6.07, 6.45) is 3.57. The highest BCUT2D eigenvalue weighted by atomic mass is 15.3. The molecule has 0 amide bonds. The number of fused-ring (bicyclic) bond motifs is 1. The van der Waals surface area contributed by atoms with Gasteiger partial charge in [0.05, 0.1) is 11.7 Å². The lowest BCUT2D eigenvalue weighted by Gasteiger charge is -2.01. The summed E-state index contributed by atoms with van der Waals surface area (Å²) in [7, 11) is 0. The third kappa shape index (κ3) is 2.77. The van der Waals surface area contributed by atoms with Crippen molar-refractivity contribution in [2.24, 2.45) is 5.10 Å². The second-order valence-corrected chi connectivity index (χ2v) is 5.30. The van der Waals surface area contributed by atoms with Crippen LogP contribution in [0.1, 0.15) is 28.2 Å². The Morgan fingerprint density at radius 1 is 1.22 bits per heavy atom. The number of pyridine rings is 1. The molecule has 3 aromatic heterocycles. The van der Waals surface area contributed by atoms with Crippen molar-refractivity contribution in [2.75, 3.05) is 5.43 Å². The van der Waals surface area contributed by atoms with Crippen molar-refractivity contribution in [3.8, 4) is 6.07 Å². The van der Waals surface area contributed by atoms with Gasteiger partial charge in [-0.15, -0.1) is 0 Å². The molecule has 3 aromatic rings. The Bertz CT molecular complexity index is 925. The van der Waals surface area contributed by atoms with E-state index in [1.165, 1.54) is 0 Å². The van der Waals surface area contributed by atoms with Crippen molar-refractivity contribution in [1.29, 1.82) is 5.26 Å². The Labute approximate surface area is 134 Å². The van der Waals surface area contributed by atoms with Crippen LogP contribution in [0.4, 0.5) is 5.95 Å². The SMILES string of the molecule is Cc1cc(C)nc(NN=Cc2c(C)c(C#N)n3ccccc23)n1. The number of aromatic nitrogens is 3. The van der Waals surface area contributed by atoms with E-state index in [1.54, 1.807) is 6.21 Å². The number of hydrazone groups is 1. The Kier molecular flexibility index (Phi) is 3.77. The first-order valence-electron chi connectivity index (χ1n) is 7.21. The van der Waals surface area contributed by atoms with Crippen molar-refractivity contribution in [2.45, 2.75) is 20.8 Å². The molecule has 0 saturated heterocycles. The zero-order chi connectivity index (χ0) is 16.4. The van der Waals surface area contributed by atoms with E-state index < -0.39 is 0 Å². The number of hydrogen-bond acceptors (Lipinski definition) is 5. The number of rotatable bonds is 3. The van der Waals surface area contributed by atoms with E-state index in [0.29, 0.717) is 11.6 Å². The molecule has 0 aliphatic heterocycles. The van der Waals surface area contributed by atoms with E-state index in [-0.39, 0.29) is 0 Å². The van der Waals surface area contributed by atoms with Crippen molar-refractivity contribution in [1.82, 2.24) is 14.4 Å². The van der Waals surface area contributed by atoms with Crippen LogP contribution >= 0.6 is 0 Å². The summed E-state index contributed by atoms with van der Waals surface area (Å²) < 4.78 is 1.87. The lowest BCUT2D eigenvalue weighted by molar-refractivity contribution is 1.04. The van der Waals surface area contributed by atoms with E-state index in [1.807, 2.05) is 55.6 Å². The molecule has 0 atom stereocenters. The van der Waals surface area contributed by atoms with Gasteiger partial charge in [-0.1, -0.05) is 6.07 Å². The van der Waals surface area contributed by atoms with Crippen LogP contribution in [0.5, 0.6) is 0 Å². The van der Waals surface area contributed by atoms with Crippen LogP contribution in [0.3, 0.4) is 0 Å². The molecule has 0 aliphatic carbocycles. The third-order valence-corrected chi connectivity index (χ3v) is 3.58. The van der Waals surface area contributed by atoms with E-state index in [9.17, 15) is 5.26 Å². The zero-order valence-corrected chi connectivity index (χ0v) is 13.2. The molecule has 6 heteroatoms. The predicted molar refractivity (Wildman–Crippen MR) is 89.6 cm³/mol. The number of aryl methyl sites for hydroxylation is 2. The normalized spacial score (nSPS) is 11.0. The number of nitrogens with one attached hydrogen (secondary N) is 1. The Morgan fingerprint density at radius 2 is 1.96 bits per heavy atom. The van der Waals surface area contributed by atoms with Crippen LogP contribution in [0.25, 0.3) is 5.52 Å². The summed E-state index contributed by atoms with van der Waals surface area (Å²) >= 11 is 0. The molecule has 0 bridgehead atoms. The standard InChI is InChI=1S/C17H16N6/c1-11-8-12(2)21-17(20-11)22-19-10-14-13(3)16(9-18)23-7-5-4-6-15(14)23/h4-8,10H,1-3H3,(H,20,21,22). The van der Waals surface area contributed by atoms with Gasteiger partial charge in [0.1, 0.15) is 11.8 Å². The first kappa shape index (κ1) is 14.7. The van der Waals surface area contributed by atoms with Crippen LogP contribution in [-0.4, -0.2) is 20.6 Å². The molecule has 0 spiro atoms. The maximum atomic E-state index is 9.34. The molecular weight excluding hydrogens is 288 g/mol. The van der Waals surface area contributed by atoms with Crippen LogP contribution in [0.15, 0.2) is 35.6 Å². The van der Waals surface area contributed by atoms with Crippen LogP contribution in [0.2, 0.25) is 0 Å². The van der Waals surface area contributed by atoms with Crippen molar-refractivity contribution in [3.63, 3.8) is 0 Å². The quantitative estimate of drug-likeness (QED) is 0.596. The van der Waals surface area contributed by atoms with Crippen molar-refractivity contribution < 1.29 is 0 Å². The van der Waals surface area contributed by atoms with Crippen LogP contribution in [-0.2, 0) is 0 Å². The molecule has 3 rings (SSSR count). The molecule has 0 fully saturated rings. The summed E-state index contributed by atoms with van der Waals surface area (Å²) in [4.78, 5) is 8.56. The molecule has 114 valence electrons. The first-order valence-corrected chi connectivity index (χ1v) is 7.21. The van der Waals surface area contributed by atoms with Crippen LogP contribution < -0.4 is 5.43 Å². The summed E-state index contributed by atoms with van der Waals surface area (Å²) in [6, 6.07) is 9.94. The van der Waals surface area contributed by atoms with Gasteiger partial charge in [0.15, 0.2) is 0 Å². The predicted octanol–water partition coefficient (Wildman–Crippen LogP) is 2.97. The number of hydrogen-bond donors (Lipinski definition) is 1. The van der Waals surface area contributed by atoms with E-state index >= 15 is 0 Å². The zero-order valence-electron chi connectivity index (χ0n) is 13.2. The molecular formula is C17H16N6. The first-order chi connectivity index (χ1) is 11.1. The fraction of sp³-hybridized carbons (Fsp3) is 0.176. The molecule has 0 saturated carbocycles. The van der Waals surface area contributed by atoms with Gasteiger partial charge < -0.3 is 4.40 Å². The van der Waals surface area contributed by atoms with Gasteiger partial charge in [-0.05, 0) is 44.5 Å². The second kappa shape index (κ2) is 5.89. The Hall–Kier alpha value is -3.20. The monoisotopic (exact) mass is 304 g/mol. The van der Waals surface area contributed by atoms with E-state index in [2.05, 4.69) is 26.6 Å². The lowest BCUT2D eigenvalue weighted by Crippen LogP contribution is -1.99. The highest BCUT2D eigenvalue weighted by molar-refractivity contribution is 5.93. The van der Waals surface area contributed by atoms with Gasteiger partial charge in [0, 0.05) is 23.1 Å². The topological polar surface area (TPSA) is 78.4 Å². The largest absolute Gasteiger partial charge is 0.307 e. The van der Waals surface area contributed by atoms with Crippen molar-refractivity contribution in [3.05, 3.63) is 58.7 Å². The maximum Gasteiger partial charge on any atom is 0.243 e. The fourth-order valence-electron chi connectivity index (χ4n) is 2.59. The van der Waals surface area contributed by atoms with Gasteiger partial charge >= 0.3 is 0 Å². The number of nitrogens with zero attached hydrogens (tertiary/aromatic N) is 5. The highest BCUT2D eigenvalue weighted by Gasteiger charge is 2.12. The molecule has 6 nitrogen and oxygen atoms in total. The van der Waals surface area contributed by atoms with Gasteiger partial charge in [-0.2, -0.15) is 10.4 Å². The summed E-state index contributed by atoms with van der Waals surface area (Å²) in [5.41, 5.74) is 7.96. The highest BCUT2D eigenvalue weighted by Crippen LogP contribution is 2.20. The minimum Gasteiger partial charge on any atom is -0.307 e. The molecule has 0 unspecified atom stereocenters. The summed E-state index contributed by atoms with van der Waals surface area (Å²) in [6.45, 7) is 5.74. The maximum absolute atomic E-state index is 9.34. The average Bonchev–Trinajstić information content (AvgIpc) is 2.78.